The van der Waals surface area contributed by atoms with E-state index in [-0.39, 0.29) is 0 Å². The Balaban J connectivity index is 1.76. The first-order valence-corrected chi connectivity index (χ1v) is 7.15. The molecule has 3 aromatic rings. The van der Waals surface area contributed by atoms with Crippen LogP contribution < -0.4 is 11.1 Å². The first-order valence-electron chi connectivity index (χ1n) is 7.15. The Morgan fingerprint density at radius 3 is 2.82 bits per heavy atom. The lowest BCUT2D eigenvalue weighted by molar-refractivity contribution is 0.838. The number of hydrogen-bond acceptors (Lipinski definition) is 5. The van der Waals surface area contributed by atoms with E-state index >= 15 is 0 Å². The molecule has 6 nitrogen and oxygen atoms in total. The lowest BCUT2D eigenvalue weighted by atomic mass is 10.1. The van der Waals surface area contributed by atoms with Crippen LogP contribution in [0.1, 0.15) is 5.56 Å². The number of hydrogen-bond donors (Lipinski definition) is 2. The maximum atomic E-state index is 5.96. The van der Waals surface area contributed by atoms with Gasteiger partial charge in [0.15, 0.2) is 11.5 Å². The Kier molecular flexibility index (Phi) is 4.00. The molecule has 22 heavy (non-hydrogen) atoms. The zero-order chi connectivity index (χ0) is 15.4. The van der Waals surface area contributed by atoms with Gasteiger partial charge in [0.25, 0.3) is 0 Å². The van der Waals surface area contributed by atoms with Crippen LogP contribution in [0.15, 0.2) is 49.3 Å². The molecule has 0 atom stereocenters. The van der Waals surface area contributed by atoms with Crippen molar-refractivity contribution >= 4 is 22.9 Å². The molecular weight excluding hydrogens is 276 g/mol. The van der Waals surface area contributed by atoms with Gasteiger partial charge in [-0.15, -0.1) is 6.58 Å². The number of aromatic nitrogens is 4. The SMILES string of the molecule is C=CCn1cnc2c(N)nc(NCCc3ccccc3)nc21. The molecule has 0 unspecified atom stereocenters. The van der Waals surface area contributed by atoms with Crippen molar-refractivity contribution in [3.63, 3.8) is 0 Å². The number of anilines is 2. The Labute approximate surface area is 128 Å². The monoisotopic (exact) mass is 294 g/mol. The number of fused-ring (bicyclic) bond motifs is 1. The lowest BCUT2D eigenvalue weighted by Gasteiger charge is -2.07. The molecule has 0 radical (unpaired) electrons. The van der Waals surface area contributed by atoms with E-state index < -0.39 is 0 Å². The van der Waals surface area contributed by atoms with E-state index in [4.69, 9.17) is 5.73 Å². The molecule has 2 heterocycles. The number of nitrogens with one attached hydrogen (secondary N) is 1. The van der Waals surface area contributed by atoms with Crippen molar-refractivity contribution in [3.05, 3.63) is 54.9 Å². The van der Waals surface area contributed by atoms with E-state index in [2.05, 4.69) is 39.0 Å². The Hall–Kier alpha value is -2.89. The first kappa shape index (κ1) is 14.1. The Morgan fingerprint density at radius 1 is 1.23 bits per heavy atom. The van der Waals surface area contributed by atoms with E-state index in [1.807, 2.05) is 22.8 Å². The van der Waals surface area contributed by atoms with Crippen LogP contribution in [0.2, 0.25) is 0 Å². The third-order valence-electron chi connectivity index (χ3n) is 3.36. The average Bonchev–Trinajstić information content (AvgIpc) is 2.93. The second-order valence-corrected chi connectivity index (χ2v) is 4.95. The van der Waals surface area contributed by atoms with Gasteiger partial charge in [-0.1, -0.05) is 36.4 Å². The van der Waals surface area contributed by atoms with Crippen molar-refractivity contribution in [2.45, 2.75) is 13.0 Å². The predicted molar refractivity (Wildman–Crippen MR) is 88.6 cm³/mol. The van der Waals surface area contributed by atoms with E-state index in [1.54, 1.807) is 12.4 Å². The second kappa shape index (κ2) is 6.26. The maximum absolute atomic E-state index is 5.96. The van der Waals surface area contributed by atoms with Gasteiger partial charge in [-0.2, -0.15) is 9.97 Å². The molecule has 1 aromatic carbocycles. The standard InChI is InChI=1S/C16H18N6/c1-2-10-22-11-19-13-14(17)20-16(21-15(13)22)18-9-8-12-6-4-3-5-7-12/h2-7,11H,1,8-10H2,(H3,17,18,20,21). The zero-order valence-electron chi connectivity index (χ0n) is 12.2. The molecule has 0 saturated heterocycles. The van der Waals surface area contributed by atoms with Crippen LogP contribution in [0.3, 0.4) is 0 Å². The molecule has 0 fully saturated rings. The summed E-state index contributed by atoms with van der Waals surface area (Å²) in [5, 5.41) is 3.22. The topological polar surface area (TPSA) is 81.7 Å². The summed E-state index contributed by atoms with van der Waals surface area (Å²) >= 11 is 0. The van der Waals surface area contributed by atoms with Crippen molar-refractivity contribution in [2.75, 3.05) is 17.6 Å². The molecule has 0 aliphatic carbocycles. The number of nitrogens with zero attached hydrogens (tertiary/aromatic N) is 4. The van der Waals surface area contributed by atoms with Crippen molar-refractivity contribution in [1.29, 1.82) is 0 Å². The number of rotatable bonds is 6. The van der Waals surface area contributed by atoms with Gasteiger partial charge in [0.1, 0.15) is 5.52 Å². The van der Waals surface area contributed by atoms with Crippen molar-refractivity contribution in [2.24, 2.45) is 0 Å². The minimum absolute atomic E-state index is 0.384. The summed E-state index contributed by atoms with van der Waals surface area (Å²) in [7, 11) is 0. The minimum atomic E-state index is 0.384. The van der Waals surface area contributed by atoms with Gasteiger partial charge < -0.3 is 15.6 Å². The largest absolute Gasteiger partial charge is 0.382 e. The highest BCUT2D eigenvalue weighted by molar-refractivity contribution is 5.82. The van der Waals surface area contributed by atoms with Crippen LogP contribution >= 0.6 is 0 Å². The highest BCUT2D eigenvalue weighted by Gasteiger charge is 2.10. The fraction of sp³-hybridized carbons (Fsp3) is 0.188. The summed E-state index contributed by atoms with van der Waals surface area (Å²) in [4.78, 5) is 13.0. The molecule has 0 aliphatic rings. The third kappa shape index (κ3) is 2.90. The summed E-state index contributed by atoms with van der Waals surface area (Å²) < 4.78 is 1.89. The maximum Gasteiger partial charge on any atom is 0.226 e. The van der Waals surface area contributed by atoms with Gasteiger partial charge in [-0.25, -0.2) is 4.98 Å². The number of allylic oxidation sites excluding steroid dienone is 1. The first-order chi connectivity index (χ1) is 10.8. The van der Waals surface area contributed by atoms with Crippen molar-refractivity contribution < 1.29 is 0 Å². The van der Waals surface area contributed by atoms with Crippen LogP contribution in [0, 0.1) is 0 Å². The smallest absolute Gasteiger partial charge is 0.226 e. The van der Waals surface area contributed by atoms with Gasteiger partial charge in [0.05, 0.1) is 6.33 Å². The van der Waals surface area contributed by atoms with Gasteiger partial charge in [0, 0.05) is 13.1 Å². The molecule has 0 amide bonds. The fourth-order valence-electron chi connectivity index (χ4n) is 2.28. The molecule has 0 saturated carbocycles. The second-order valence-electron chi connectivity index (χ2n) is 4.95. The Morgan fingerprint density at radius 2 is 2.05 bits per heavy atom. The van der Waals surface area contributed by atoms with Crippen LogP contribution in [0.5, 0.6) is 0 Å². The molecule has 0 bridgehead atoms. The Bertz CT molecular complexity index is 778. The van der Waals surface area contributed by atoms with Crippen LogP contribution in [0.4, 0.5) is 11.8 Å². The quantitative estimate of drug-likeness (QED) is 0.681. The summed E-state index contributed by atoms with van der Waals surface area (Å²) in [5.74, 6) is 0.904. The van der Waals surface area contributed by atoms with E-state index in [1.165, 1.54) is 5.56 Å². The number of benzene rings is 1. The summed E-state index contributed by atoms with van der Waals surface area (Å²) in [6, 6.07) is 10.3. The molecule has 2 aromatic heterocycles. The number of nitrogen functional groups attached to an aromatic ring is 1. The summed E-state index contributed by atoms with van der Waals surface area (Å²) in [5.41, 5.74) is 8.56. The average molecular weight is 294 g/mol. The number of nitrogens with two attached hydrogens (primary N) is 1. The third-order valence-corrected chi connectivity index (χ3v) is 3.36. The highest BCUT2D eigenvalue weighted by atomic mass is 15.2. The van der Waals surface area contributed by atoms with E-state index in [0.29, 0.717) is 23.8 Å². The molecule has 112 valence electrons. The van der Waals surface area contributed by atoms with Gasteiger partial charge in [-0.3, -0.25) is 0 Å². The molecule has 6 heteroatoms. The normalized spacial score (nSPS) is 10.7. The van der Waals surface area contributed by atoms with Gasteiger partial charge in [0.2, 0.25) is 5.95 Å². The highest BCUT2D eigenvalue weighted by Crippen LogP contribution is 2.18. The molecule has 3 rings (SSSR count). The number of imidazole rings is 1. The fourth-order valence-corrected chi connectivity index (χ4v) is 2.28. The lowest BCUT2D eigenvalue weighted by Crippen LogP contribution is -2.10. The van der Waals surface area contributed by atoms with Crippen LogP contribution in [-0.2, 0) is 13.0 Å². The van der Waals surface area contributed by atoms with Crippen LogP contribution in [-0.4, -0.2) is 26.1 Å². The molecule has 0 aliphatic heterocycles. The predicted octanol–water partition coefficient (Wildman–Crippen LogP) is 2.25. The molecule has 0 spiro atoms. The minimum Gasteiger partial charge on any atom is -0.382 e. The summed E-state index contributed by atoms with van der Waals surface area (Å²) in [6.45, 7) is 5.11. The molecular formula is C16H18N6. The van der Waals surface area contributed by atoms with E-state index in [0.717, 1.165) is 18.6 Å². The zero-order valence-corrected chi connectivity index (χ0v) is 12.2. The van der Waals surface area contributed by atoms with E-state index in [9.17, 15) is 0 Å². The van der Waals surface area contributed by atoms with Gasteiger partial charge >= 0.3 is 0 Å². The molecule has 3 N–H and O–H groups in total. The van der Waals surface area contributed by atoms with Crippen molar-refractivity contribution in [1.82, 2.24) is 19.5 Å². The van der Waals surface area contributed by atoms with Crippen molar-refractivity contribution in [3.8, 4) is 0 Å². The van der Waals surface area contributed by atoms with Gasteiger partial charge in [-0.05, 0) is 12.0 Å². The summed E-state index contributed by atoms with van der Waals surface area (Å²) in [6.07, 6.45) is 4.39. The van der Waals surface area contributed by atoms with Crippen LogP contribution in [0.25, 0.3) is 11.2 Å².